The molecule has 0 radical (unpaired) electrons. The average Bonchev–Trinajstić information content (AvgIpc) is 2.87. The van der Waals surface area contributed by atoms with Crippen LogP contribution in [0.1, 0.15) is 16.7 Å². The highest BCUT2D eigenvalue weighted by atomic mass is 19.1. The van der Waals surface area contributed by atoms with Gasteiger partial charge in [-0.25, -0.2) is 4.39 Å². The average molecular weight is 453 g/mol. The van der Waals surface area contributed by atoms with Gasteiger partial charge in [-0.2, -0.15) is 0 Å². The highest BCUT2D eigenvalue weighted by Gasteiger charge is 2.48. The zero-order valence-electron chi connectivity index (χ0n) is 18.3. The number of hydrogen-bond acceptors (Lipinski definition) is 5. The quantitative estimate of drug-likeness (QED) is 0.493. The van der Waals surface area contributed by atoms with Gasteiger partial charge in [-0.1, -0.05) is 91.0 Å². The molecule has 5 nitrogen and oxygen atoms in total. The highest BCUT2D eigenvalue weighted by Crippen LogP contribution is 2.30. The summed E-state index contributed by atoms with van der Waals surface area (Å²) in [6.07, 6.45) is -5.15. The van der Waals surface area contributed by atoms with Crippen molar-refractivity contribution >= 4 is 0 Å². The minimum Gasteiger partial charge on any atom is -0.394 e. The molecule has 4 rings (SSSR count). The molecule has 1 aliphatic heterocycles. The van der Waals surface area contributed by atoms with Crippen molar-refractivity contribution in [3.8, 4) is 0 Å². The Morgan fingerprint density at radius 3 is 1.42 bits per heavy atom. The van der Waals surface area contributed by atoms with Gasteiger partial charge in [0.2, 0.25) is 6.36 Å². The molecule has 1 saturated heterocycles. The van der Waals surface area contributed by atoms with E-state index in [0.29, 0.717) is 0 Å². The van der Waals surface area contributed by atoms with E-state index < -0.39 is 37.4 Å². The van der Waals surface area contributed by atoms with Crippen LogP contribution in [0.4, 0.5) is 4.39 Å². The Labute approximate surface area is 193 Å². The molecule has 0 saturated carbocycles. The second kappa shape index (κ2) is 12.0. The Balaban J connectivity index is 1.53. The van der Waals surface area contributed by atoms with Crippen molar-refractivity contribution < 1.29 is 28.4 Å². The predicted molar refractivity (Wildman–Crippen MR) is 122 cm³/mol. The van der Waals surface area contributed by atoms with Crippen LogP contribution in [-0.4, -0.2) is 42.5 Å². The van der Waals surface area contributed by atoms with Crippen molar-refractivity contribution in [1.29, 1.82) is 0 Å². The summed E-state index contributed by atoms with van der Waals surface area (Å²) in [5.74, 6) is 0. The Bertz CT molecular complexity index is 941. The van der Waals surface area contributed by atoms with E-state index in [1.807, 2.05) is 91.0 Å². The summed E-state index contributed by atoms with van der Waals surface area (Å²) in [6, 6.07) is 28.9. The second-order valence-electron chi connectivity index (χ2n) is 7.99. The number of benzene rings is 3. The van der Waals surface area contributed by atoms with Gasteiger partial charge in [0, 0.05) is 0 Å². The van der Waals surface area contributed by atoms with Gasteiger partial charge in [-0.3, -0.25) is 0 Å². The van der Waals surface area contributed by atoms with E-state index in [1.54, 1.807) is 0 Å². The minimum atomic E-state index is -1.76. The third kappa shape index (κ3) is 6.47. The molecule has 1 aliphatic rings. The number of alkyl halides is 1. The molecule has 0 aromatic heterocycles. The Hall–Kier alpha value is -2.61. The Morgan fingerprint density at radius 2 is 1.00 bits per heavy atom. The first-order valence-corrected chi connectivity index (χ1v) is 11.1. The number of rotatable bonds is 10. The molecule has 174 valence electrons. The fourth-order valence-electron chi connectivity index (χ4n) is 3.88. The van der Waals surface area contributed by atoms with Crippen LogP contribution >= 0.6 is 0 Å². The molecule has 33 heavy (non-hydrogen) atoms. The number of aliphatic hydroxyl groups is 1. The topological polar surface area (TPSA) is 57.2 Å². The molecule has 0 amide bonds. The van der Waals surface area contributed by atoms with E-state index in [0.717, 1.165) is 16.7 Å². The fourth-order valence-corrected chi connectivity index (χ4v) is 3.88. The summed E-state index contributed by atoms with van der Waals surface area (Å²) in [5, 5.41) is 9.91. The number of hydrogen-bond donors (Lipinski definition) is 1. The first kappa shape index (κ1) is 23.5. The Morgan fingerprint density at radius 1 is 0.606 bits per heavy atom. The van der Waals surface area contributed by atoms with Crippen LogP contribution in [0.3, 0.4) is 0 Å². The number of aliphatic hydroxyl groups excluding tert-OH is 1. The molecule has 1 fully saturated rings. The van der Waals surface area contributed by atoms with E-state index in [9.17, 15) is 5.11 Å². The van der Waals surface area contributed by atoms with E-state index in [1.165, 1.54) is 0 Å². The smallest absolute Gasteiger partial charge is 0.228 e. The molecule has 3 aromatic carbocycles. The lowest BCUT2D eigenvalue weighted by Gasteiger charge is -2.43. The molecule has 0 spiro atoms. The summed E-state index contributed by atoms with van der Waals surface area (Å²) in [7, 11) is 0. The van der Waals surface area contributed by atoms with Crippen LogP contribution in [0.2, 0.25) is 0 Å². The maximum absolute atomic E-state index is 15.1. The molecule has 0 aliphatic carbocycles. The lowest BCUT2D eigenvalue weighted by molar-refractivity contribution is -0.296. The van der Waals surface area contributed by atoms with E-state index in [4.69, 9.17) is 18.9 Å². The monoisotopic (exact) mass is 452 g/mol. The van der Waals surface area contributed by atoms with Gasteiger partial charge in [0.1, 0.15) is 24.4 Å². The van der Waals surface area contributed by atoms with Gasteiger partial charge >= 0.3 is 0 Å². The van der Waals surface area contributed by atoms with Crippen LogP contribution in [-0.2, 0) is 38.8 Å². The molecular formula is C27H29FO5. The first-order valence-electron chi connectivity index (χ1n) is 11.1. The summed E-state index contributed by atoms with van der Waals surface area (Å²) >= 11 is 0. The van der Waals surface area contributed by atoms with Gasteiger partial charge in [-0.05, 0) is 16.7 Å². The molecular weight excluding hydrogens is 423 g/mol. The van der Waals surface area contributed by atoms with Gasteiger partial charge in [0.05, 0.1) is 26.4 Å². The van der Waals surface area contributed by atoms with Gasteiger partial charge < -0.3 is 24.1 Å². The van der Waals surface area contributed by atoms with Crippen molar-refractivity contribution in [1.82, 2.24) is 0 Å². The molecule has 0 bridgehead atoms. The predicted octanol–water partition coefficient (Wildman–Crippen LogP) is 4.43. The van der Waals surface area contributed by atoms with E-state index >= 15 is 4.39 Å². The summed E-state index contributed by atoms with van der Waals surface area (Å²) in [6.45, 7) is 0.345. The van der Waals surface area contributed by atoms with Crippen LogP contribution < -0.4 is 0 Å². The molecule has 1 heterocycles. The van der Waals surface area contributed by atoms with Crippen molar-refractivity contribution in [3.05, 3.63) is 108 Å². The number of halogens is 1. The van der Waals surface area contributed by atoms with E-state index in [2.05, 4.69) is 0 Å². The summed E-state index contributed by atoms with van der Waals surface area (Å²) < 4.78 is 38.9. The second-order valence-corrected chi connectivity index (χ2v) is 7.99. The molecule has 2 unspecified atom stereocenters. The summed E-state index contributed by atoms with van der Waals surface area (Å²) in [4.78, 5) is 0. The van der Waals surface area contributed by atoms with Gasteiger partial charge in [0.25, 0.3) is 0 Å². The maximum atomic E-state index is 15.1. The SMILES string of the molecule is OCC1O[C@@H](F)C(OCc2ccccc2)[C@@H](OCc2ccccc2)[C@H]1OCc1ccccc1. The van der Waals surface area contributed by atoms with Crippen LogP contribution in [0, 0.1) is 0 Å². The van der Waals surface area contributed by atoms with Gasteiger partial charge in [0.15, 0.2) is 0 Å². The molecule has 3 aromatic rings. The first-order chi connectivity index (χ1) is 16.2. The normalized spacial score (nSPS) is 25.1. The van der Waals surface area contributed by atoms with Gasteiger partial charge in [-0.15, -0.1) is 0 Å². The summed E-state index contributed by atoms with van der Waals surface area (Å²) in [5.41, 5.74) is 2.82. The van der Waals surface area contributed by atoms with Crippen LogP contribution in [0.15, 0.2) is 91.0 Å². The van der Waals surface area contributed by atoms with Crippen molar-refractivity contribution in [2.24, 2.45) is 0 Å². The zero-order valence-corrected chi connectivity index (χ0v) is 18.3. The van der Waals surface area contributed by atoms with E-state index in [-0.39, 0.29) is 19.8 Å². The largest absolute Gasteiger partial charge is 0.394 e. The number of ether oxygens (including phenoxy) is 4. The minimum absolute atomic E-state index is 0.204. The lowest BCUT2D eigenvalue weighted by atomic mass is 9.98. The zero-order chi connectivity index (χ0) is 22.9. The van der Waals surface area contributed by atoms with Crippen LogP contribution in [0.5, 0.6) is 0 Å². The van der Waals surface area contributed by atoms with Crippen molar-refractivity contribution in [3.63, 3.8) is 0 Å². The standard InChI is InChI=1S/C27H29FO5/c28-27-26(32-19-22-14-8-3-9-15-22)25(31-18-21-12-6-2-7-13-21)24(23(16-29)33-27)30-17-20-10-4-1-5-11-20/h1-15,23-27,29H,16-19H2/t23?,24-,25-,26?,27+/m0/s1. The molecule has 6 heteroatoms. The fraction of sp³-hybridized carbons (Fsp3) is 0.333. The lowest BCUT2D eigenvalue weighted by Crippen LogP contribution is -2.59. The molecule has 5 atom stereocenters. The Kier molecular flexibility index (Phi) is 8.58. The maximum Gasteiger partial charge on any atom is 0.228 e. The molecule has 1 N–H and O–H groups in total. The third-order valence-electron chi connectivity index (χ3n) is 5.61. The van der Waals surface area contributed by atoms with Crippen molar-refractivity contribution in [2.75, 3.05) is 6.61 Å². The van der Waals surface area contributed by atoms with Crippen molar-refractivity contribution in [2.45, 2.75) is 50.6 Å². The highest BCUT2D eigenvalue weighted by molar-refractivity contribution is 5.15. The van der Waals surface area contributed by atoms with Crippen LogP contribution in [0.25, 0.3) is 0 Å². The third-order valence-corrected chi connectivity index (χ3v) is 5.61.